The van der Waals surface area contributed by atoms with Gasteiger partial charge >= 0.3 is 0 Å². The molecule has 2 aromatic rings. The maximum absolute atomic E-state index is 13.2. The lowest BCUT2D eigenvalue weighted by Gasteiger charge is -2.50. The van der Waals surface area contributed by atoms with E-state index < -0.39 is 0 Å². The third kappa shape index (κ3) is 3.95. The fraction of sp³-hybridized carbons (Fsp3) is 0.615. The maximum atomic E-state index is 13.2. The Morgan fingerprint density at radius 2 is 1.70 bits per heavy atom. The molecule has 0 atom stereocenters. The number of amides is 1. The van der Waals surface area contributed by atoms with E-state index in [1.165, 1.54) is 0 Å². The fourth-order valence-corrected chi connectivity index (χ4v) is 6.11. The number of hydrogen-bond donors (Lipinski definition) is 0. The number of methoxy groups -OCH3 is 2. The van der Waals surface area contributed by atoms with E-state index in [0.717, 1.165) is 87.5 Å². The summed E-state index contributed by atoms with van der Waals surface area (Å²) in [7, 11) is 5.69. The van der Waals surface area contributed by atoms with E-state index in [1.54, 1.807) is 14.2 Å². The van der Waals surface area contributed by atoms with Crippen LogP contribution in [0.5, 0.6) is 5.75 Å². The zero-order chi connectivity index (χ0) is 23.0. The van der Waals surface area contributed by atoms with E-state index >= 15 is 0 Å². The van der Waals surface area contributed by atoms with Crippen molar-refractivity contribution in [2.45, 2.75) is 56.7 Å². The number of aromatic nitrogens is 2. The van der Waals surface area contributed by atoms with Gasteiger partial charge in [-0.25, -0.2) is 4.98 Å². The minimum atomic E-state index is -0.104. The number of benzene rings is 1. The summed E-state index contributed by atoms with van der Waals surface area (Å²) in [6, 6.07) is 8.22. The third-order valence-corrected chi connectivity index (χ3v) is 8.31. The highest BCUT2D eigenvalue weighted by Gasteiger charge is 2.46. The zero-order valence-electron chi connectivity index (χ0n) is 20.1. The molecule has 0 unspecified atom stereocenters. The average Bonchev–Trinajstić information content (AvgIpc) is 3.32. The molecule has 7 heteroatoms. The molecule has 1 amide bonds. The van der Waals surface area contributed by atoms with Gasteiger partial charge in [-0.15, -0.1) is 0 Å². The van der Waals surface area contributed by atoms with Gasteiger partial charge in [0, 0.05) is 44.8 Å². The van der Waals surface area contributed by atoms with Gasteiger partial charge in [0.25, 0.3) is 0 Å². The topological polar surface area (TPSA) is 59.8 Å². The number of rotatable bonds is 4. The Labute approximate surface area is 196 Å². The molecule has 1 saturated carbocycles. The molecular weight excluding hydrogens is 416 g/mol. The number of carbonyl (C=O) groups is 1. The predicted octanol–water partition coefficient (Wildman–Crippen LogP) is 3.53. The minimum absolute atomic E-state index is 0.104. The molecule has 33 heavy (non-hydrogen) atoms. The molecule has 1 saturated heterocycles. The van der Waals surface area contributed by atoms with Gasteiger partial charge < -0.3 is 18.9 Å². The van der Waals surface area contributed by atoms with Crippen molar-refractivity contribution < 1.29 is 14.3 Å². The number of likely N-dealkylation sites (tertiary alicyclic amines) is 1. The summed E-state index contributed by atoms with van der Waals surface area (Å²) in [5.74, 6) is 2.52. The second kappa shape index (κ2) is 9.11. The van der Waals surface area contributed by atoms with Gasteiger partial charge in [-0.1, -0.05) is 0 Å². The number of nitrogens with zero attached hydrogens (tertiary/aromatic N) is 4. The first kappa shape index (κ1) is 22.4. The lowest BCUT2D eigenvalue weighted by Crippen LogP contribution is -2.57. The van der Waals surface area contributed by atoms with E-state index in [9.17, 15) is 4.79 Å². The molecule has 0 bridgehead atoms. The average molecular weight is 453 g/mol. The monoisotopic (exact) mass is 452 g/mol. The predicted molar refractivity (Wildman–Crippen MR) is 127 cm³/mol. The summed E-state index contributed by atoms with van der Waals surface area (Å²) in [6.07, 6.45) is 8.11. The van der Waals surface area contributed by atoms with Crippen molar-refractivity contribution >= 4 is 5.91 Å². The van der Waals surface area contributed by atoms with Crippen LogP contribution in [0.1, 0.15) is 44.3 Å². The molecule has 1 aromatic carbocycles. The van der Waals surface area contributed by atoms with Gasteiger partial charge in [0.1, 0.15) is 11.6 Å². The Balaban J connectivity index is 1.32. The highest BCUT2D eigenvalue weighted by atomic mass is 16.5. The summed E-state index contributed by atoms with van der Waals surface area (Å²) in [5, 5.41) is 0. The Morgan fingerprint density at radius 3 is 2.33 bits per heavy atom. The number of hydrogen-bond acceptors (Lipinski definition) is 5. The number of fused-ring (bicyclic) bond motifs is 2. The van der Waals surface area contributed by atoms with Crippen LogP contribution in [0.3, 0.4) is 0 Å². The molecule has 3 aliphatic rings. The van der Waals surface area contributed by atoms with Gasteiger partial charge in [0.2, 0.25) is 5.91 Å². The molecule has 7 nitrogen and oxygen atoms in total. The maximum Gasteiger partial charge on any atom is 0.225 e. The zero-order valence-corrected chi connectivity index (χ0v) is 20.1. The van der Waals surface area contributed by atoms with Gasteiger partial charge in [-0.3, -0.25) is 9.69 Å². The Morgan fingerprint density at radius 1 is 1.00 bits per heavy atom. The van der Waals surface area contributed by atoms with Crippen LogP contribution >= 0.6 is 0 Å². The van der Waals surface area contributed by atoms with Gasteiger partial charge in [-0.2, -0.15) is 0 Å². The molecule has 5 rings (SSSR count). The first-order valence-corrected chi connectivity index (χ1v) is 12.3. The number of carbonyl (C=O) groups excluding carboxylic acids is 1. The van der Waals surface area contributed by atoms with Crippen LogP contribution in [-0.2, 0) is 21.6 Å². The molecule has 0 N–H and O–H groups in total. The Kier molecular flexibility index (Phi) is 6.18. The number of likely N-dealkylation sites (N-methyl/N-ethyl adjacent to an activating group) is 1. The number of ether oxygens (including phenoxy) is 2. The van der Waals surface area contributed by atoms with Crippen molar-refractivity contribution in [3.8, 4) is 17.0 Å². The summed E-state index contributed by atoms with van der Waals surface area (Å²) in [5.41, 5.74) is 2.22. The lowest BCUT2D eigenvalue weighted by atomic mass is 9.82. The Bertz CT molecular complexity index is 970. The standard InChI is InChI=1S/C26H36N4O3/c1-28-16-17-30-23(19-4-8-21(32-2)9-5-19)18-27-25(30)26(28)12-14-29(15-13-26)24(31)20-6-10-22(33-3)11-7-20/h4-5,8-9,18,20,22H,6-7,10-17H2,1-3H3. The van der Waals surface area contributed by atoms with E-state index in [4.69, 9.17) is 14.5 Å². The van der Waals surface area contributed by atoms with Crippen LogP contribution < -0.4 is 4.74 Å². The van der Waals surface area contributed by atoms with Crippen LogP contribution in [0.25, 0.3) is 11.3 Å². The molecule has 2 aliphatic heterocycles. The van der Waals surface area contributed by atoms with Crippen molar-refractivity contribution in [3.63, 3.8) is 0 Å². The summed E-state index contributed by atoms with van der Waals surface area (Å²) < 4.78 is 13.2. The van der Waals surface area contributed by atoms with Crippen LogP contribution in [0, 0.1) is 5.92 Å². The summed E-state index contributed by atoms with van der Waals surface area (Å²) in [4.78, 5) is 22.8. The van der Waals surface area contributed by atoms with E-state index in [2.05, 4.69) is 33.5 Å². The summed E-state index contributed by atoms with van der Waals surface area (Å²) in [6.45, 7) is 3.53. The Hall–Kier alpha value is -2.38. The highest BCUT2D eigenvalue weighted by Crippen LogP contribution is 2.42. The normalized spacial score (nSPS) is 25.1. The van der Waals surface area contributed by atoms with Crippen molar-refractivity contribution in [2.75, 3.05) is 40.9 Å². The lowest BCUT2D eigenvalue weighted by molar-refractivity contribution is -0.140. The molecule has 178 valence electrons. The number of piperidine rings is 1. The molecule has 1 aliphatic carbocycles. The quantitative estimate of drug-likeness (QED) is 0.710. The number of imidazole rings is 1. The van der Waals surface area contributed by atoms with Crippen molar-refractivity contribution in [1.29, 1.82) is 0 Å². The minimum Gasteiger partial charge on any atom is -0.497 e. The molecule has 1 aromatic heterocycles. The van der Waals surface area contributed by atoms with Crippen LogP contribution in [0.15, 0.2) is 30.5 Å². The SMILES string of the molecule is COc1ccc(-c2cnc3n2CCN(C)C32CCN(C(=O)C3CCC(OC)CC3)CC2)cc1. The first-order valence-electron chi connectivity index (χ1n) is 12.3. The second-order valence-electron chi connectivity index (χ2n) is 9.83. The van der Waals surface area contributed by atoms with Crippen molar-refractivity contribution in [2.24, 2.45) is 5.92 Å². The van der Waals surface area contributed by atoms with Crippen molar-refractivity contribution in [3.05, 3.63) is 36.3 Å². The van der Waals surface area contributed by atoms with E-state index in [1.807, 2.05) is 18.3 Å². The van der Waals surface area contributed by atoms with Gasteiger partial charge in [-0.05, 0) is 69.8 Å². The molecule has 2 fully saturated rings. The van der Waals surface area contributed by atoms with Gasteiger partial charge in [0.05, 0.1) is 30.6 Å². The molecule has 0 radical (unpaired) electrons. The van der Waals surface area contributed by atoms with Crippen LogP contribution in [-0.4, -0.2) is 72.3 Å². The first-order chi connectivity index (χ1) is 16.1. The molecule has 1 spiro atoms. The summed E-state index contributed by atoms with van der Waals surface area (Å²) >= 11 is 0. The second-order valence-corrected chi connectivity index (χ2v) is 9.83. The largest absolute Gasteiger partial charge is 0.497 e. The highest BCUT2D eigenvalue weighted by molar-refractivity contribution is 5.79. The van der Waals surface area contributed by atoms with E-state index in [-0.39, 0.29) is 11.5 Å². The van der Waals surface area contributed by atoms with E-state index in [0.29, 0.717) is 12.0 Å². The van der Waals surface area contributed by atoms with Crippen molar-refractivity contribution in [1.82, 2.24) is 19.4 Å². The van der Waals surface area contributed by atoms with Crippen LogP contribution in [0.2, 0.25) is 0 Å². The molecule has 3 heterocycles. The molecular formula is C26H36N4O3. The third-order valence-electron chi connectivity index (χ3n) is 8.31. The smallest absolute Gasteiger partial charge is 0.225 e. The fourth-order valence-electron chi connectivity index (χ4n) is 6.11. The van der Waals surface area contributed by atoms with Crippen LogP contribution in [0.4, 0.5) is 0 Å². The van der Waals surface area contributed by atoms with Gasteiger partial charge in [0.15, 0.2) is 0 Å².